The van der Waals surface area contributed by atoms with Crippen molar-refractivity contribution >= 4 is 17.4 Å². The predicted octanol–water partition coefficient (Wildman–Crippen LogP) is 4.25. The maximum atomic E-state index is 14.4. The Bertz CT molecular complexity index is 1350. The van der Waals surface area contributed by atoms with Crippen molar-refractivity contribution < 1.29 is 17.6 Å². The molecular weight excluding hydrogens is 431 g/mol. The number of hydrogen-bond donors (Lipinski definition) is 0. The van der Waals surface area contributed by atoms with E-state index in [1.807, 2.05) is 0 Å². The SMILES string of the molecule is Fc1ccccc1-c1nnc(Sc2ccc3nnc(C(F)F)n3n2)n1Cc1ccco1. The molecule has 1 aromatic carbocycles. The van der Waals surface area contributed by atoms with Gasteiger partial charge in [-0.3, -0.25) is 4.57 Å². The monoisotopic (exact) mass is 443 g/mol. The Kier molecular flexibility index (Phi) is 4.90. The molecule has 0 fully saturated rings. The van der Waals surface area contributed by atoms with Gasteiger partial charge in [-0.25, -0.2) is 13.2 Å². The van der Waals surface area contributed by atoms with Crippen LogP contribution in [0.2, 0.25) is 0 Å². The van der Waals surface area contributed by atoms with Crippen LogP contribution in [0, 0.1) is 5.82 Å². The lowest BCUT2D eigenvalue weighted by molar-refractivity contribution is 0.137. The van der Waals surface area contributed by atoms with Gasteiger partial charge >= 0.3 is 0 Å². The Morgan fingerprint density at radius 1 is 0.968 bits per heavy atom. The highest BCUT2D eigenvalue weighted by Gasteiger charge is 2.21. The summed E-state index contributed by atoms with van der Waals surface area (Å²) in [6, 6.07) is 12.9. The number of benzene rings is 1. The van der Waals surface area contributed by atoms with Gasteiger partial charge in [0.25, 0.3) is 6.43 Å². The van der Waals surface area contributed by atoms with E-state index < -0.39 is 18.1 Å². The lowest BCUT2D eigenvalue weighted by Crippen LogP contribution is -2.05. The zero-order chi connectivity index (χ0) is 21.4. The molecule has 0 aliphatic rings. The second kappa shape index (κ2) is 7.87. The molecular formula is C19H12F3N7OS. The standard InChI is InChI=1S/C19H12F3N7OS/c20-13-6-2-1-5-12(13)17-24-26-19(28(17)10-11-4-3-9-30-11)31-15-8-7-14-23-25-18(16(21)22)29(14)27-15/h1-9,16H,10H2. The Balaban J connectivity index is 1.57. The molecule has 5 rings (SSSR count). The van der Waals surface area contributed by atoms with Gasteiger partial charge in [-0.05, 0) is 48.2 Å². The zero-order valence-electron chi connectivity index (χ0n) is 15.6. The van der Waals surface area contributed by atoms with Crippen molar-refractivity contribution in [2.24, 2.45) is 0 Å². The molecule has 0 amide bonds. The van der Waals surface area contributed by atoms with Gasteiger partial charge in [-0.1, -0.05) is 12.1 Å². The van der Waals surface area contributed by atoms with Crippen molar-refractivity contribution in [3.05, 3.63) is 72.2 Å². The summed E-state index contributed by atoms with van der Waals surface area (Å²) in [5, 5.41) is 20.4. The van der Waals surface area contributed by atoms with Gasteiger partial charge in [-0.2, -0.15) is 9.61 Å². The summed E-state index contributed by atoms with van der Waals surface area (Å²) in [6.45, 7) is 0.239. The number of alkyl halides is 2. The molecule has 0 spiro atoms. The first kappa shape index (κ1) is 19.3. The molecule has 0 aliphatic heterocycles. The molecule has 4 aromatic heterocycles. The van der Waals surface area contributed by atoms with E-state index in [1.165, 1.54) is 18.4 Å². The quantitative estimate of drug-likeness (QED) is 0.388. The van der Waals surface area contributed by atoms with Crippen LogP contribution in [-0.4, -0.2) is 34.6 Å². The topological polar surface area (TPSA) is 86.9 Å². The van der Waals surface area contributed by atoms with Gasteiger partial charge in [0.1, 0.15) is 16.6 Å². The van der Waals surface area contributed by atoms with E-state index >= 15 is 0 Å². The van der Waals surface area contributed by atoms with Crippen LogP contribution in [-0.2, 0) is 6.54 Å². The second-order valence-electron chi connectivity index (χ2n) is 6.35. The highest BCUT2D eigenvalue weighted by molar-refractivity contribution is 7.99. The molecule has 0 saturated heterocycles. The summed E-state index contributed by atoms with van der Waals surface area (Å²) < 4.78 is 48.8. The van der Waals surface area contributed by atoms with E-state index in [0.29, 0.717) is 21.8 Å². The molecule has 8 nitrogen and oxygen atoms in total. The van der Waals surface area contributed by atoms with E-state index in [0.717, 1.165) is 16.3 Å². The Morgan fingerprint density at radius 3 is 2.61 bits per heavy atom. The van der Waals surface area contributed by atoms with Gasteiger partial charge < -0.3 is 4.42 Å². The van der Waals surface area contributed by atoms with Gasteiger partial charge in [-0.15, -0.1) is 20.4 Å². The van der Waals surface area contributed by atoms with Crippen molar-refractivity contribution in [1.29, 1.82) is 0 Å². The van der Waals surface area contributed by atoms with E-state index in [4.69, 9.17) is 4.42 Å². The summed E-state index contributed by atoms with van der Waals surface area (Å²) in [7, 11) is 0. The average Bonchev–Trinajstić information content (AvgIpc) is 3.50. The van der Waals surface area contributed by atoms with Gasteiger partial charge in [0.15, 0.2) is 16.6 Å². The average molecular weight is 443 g/mol. The number of fused-ring (bicyclic) bond motifs is 1. The Morgan fingerprint density at radius 2 is 1.84 bits per heavy atom. The summed E-state index contributed by atoms with van der Waals surface area (Å²) in [5.41, 5.74) is 0.472. The van der Waals surface area contributed by atoms with Crippen molar-refractivity contribution in [2.45, 2.75) is 23.2 Å². The Labute approximate surface area is 176 Å². The third kappa shape index (κ3) is 3.65. The molecule has 156 valence electrons. The smallest absolute Gasteiger partial charge is 0.299 e. The molecule has 0 unspecified atom stereocenters. The van der Waals surface area contributed by atoms with Crippen LogP contribution in [0.4, 0.5) is 13.2 Å². The van der Waals surface area contributed by atoms with E-state index in [1.54, 1.807) is 41.0 Å². The van der Waals surface area contributed by atoms with Crippen molar-refractivity contribution in [3.8, 4) is 11.4 Å². The minimum absolute atomic E-state index is 0.198. The first-order valence-corrected chi connectivity index (χ1v) is 9.80. The fourth-order valence-corrected chi connectivity index (χ4v) is 3.77. The highest BCUT2D eigenvalue weighted by atomic mass is 32.2. The van der Waals surface area contributed by atoms with Crippen molar-refractivity contribution in [2.75, 3.05) is 0 Å². The van der Waals surface area contributed by atoms with E-state index in [9.17, 15) is 13.2 Å². The molecule has 31 heavy (non-hydrogen) atoms. The number of halogens is 3. The molecule has 0 atom stereocenters. The van der Waals surface area contributed by atoms with Crippen molar-refractivity contribution in [3.63, 3.8) is 0 Å². The molecule has 12 heteroatoms. The van der Waals surface area contributed by atoms with Crippen LogP contribution < -0.4 is 0 Å². The number of nitrogens with zero attached hydrogens (tertiary/aromatic N) is 7. The van der Waals surface area contributed by atoms with Crippen LogP contribution in [0.25, 0.3) is 17.0 Å². The van der Waals surface area contributed by atoms with E-state index in [-0.39, 0.29) is 17.8 Å². The molecule has 0 bridgehead atoms. The van der Waals surface area contributed by atoms with Crippen LogP contribution in [0.15, 0.2) is 69.4 Å². The minimum Gasteiger partial charge on any atom is -0.467 e. The second-order valence-corrected chi connectivity index (χ2v) is 7.34. The molecule has 0 N–H and O–H groups in total. The molecule has 0 saturated carbocycles. The van der Waals surface area contributed by atoms with Crippen LogP contribution in [0.5, 0.6) is 0 Å². The normalized spacial score (nSPS) is 11.6. The van der Waals surface area contributed by atoms with Crippen LogP contribution in [0.3, 0.4) is 0 Å². The third-order valence-corrected chi connectivity index (χ3v) is 5.29. The fourth-order valence-electron chi connectivity index (χ4n) is 2.98. The summed E-state index contributed by atoms with van der Waals surface area (Å²) in [4.78, 5) is 0. The summed E-state index contributed by atoms with van der Waals surface area (Å²) >= 11 is 1.09. The number of rotatable bonds is 6. The molecule has 4 heterocycles. The van der Waals surface area contributed by atoms with Crippen molar-refractivity contribution in [1.82, 2.24) is 34.6 Å². The third-order valence-electron chi connectivity index (χ3n) is 4.38. The Hall–Kier alpha value is -3.67. The maximum absolute atomic E-state index is 14.4. The zero-order valence-corrected chi connectivity index (χ0v) is 16.4. The van der Waals surface area contributed by atoms with Gasteiger partial charge in [0.2, 0.25) is 5.82 Å². The fraction of sp³-hybridized carbons (Fsp3) is 0.105. The summed E-state index contributed by atoms with van der Waals surface area (Å²) in [6.07, 6.45) is -1.29. The van der Waals surface area contributed by atoms with E-state index in [2.05, 4.69) is 25.5 Å². The lowest BCUT2D eigenvalue weighted by Gasteiger charge is -2.09. The number of furan rings is 1. The highest BCUT2D eigenvalue weighted by Crippen LogP contribution is 2.31. The van der Waals surface area contributed by atoms with Gasteiger partial charge in [0, 0.05) is 0 Å². The lowest BCUT2D eigenvalue weighted by atomic mass is 10.2. The first-order chi connectivity index (χ1) is 15.1. The van der Waals surface area contributed by atoms with Crippen LogP contribution in [0.1, 0.15) is 18.0 Å². The molecule has 0 aliphatic carbocycles. The predicted molar refractivity (Wildman–Crippen MR) is 103 cm³/mol. The van der Waals surface area contributed by atoms with Gasteiger partial charge in [0.05, 0.1) is 18.4 Å². The van der Waals surface area contributed by atoms with Crippen LogP contribution >= 0.6 is 11.8 Å². The maximum Gasteiger partial charge on any atom is 0.299 e. The number of aromatic nitrogens is 7. The molecule has 0 radical (unpaired) electrons. The molecule has 5 aromatic rings. The largest absolute Gasteiger partial charge is 0.467 e. The number of hydrogen-bond acceptors (Lipinski definition) is 7. The summed E-state index contributed by atoms with van der Waals surface area (Å²) in [5.74, 6) is -0.0867. The minimum atomic E-state index is -2.82. The first-order valence-electron chi connectivity index (χ1n) is 8.99.